The monoisotopic (exact) mass is 254 g/mol. The summed E-state index contributed by atoms with van der Waals surface area (Å²) >= 11 is 5.91. The molecule has 1 aromatic carbocycles. The third kappa shape index (κ3) is 2.45. The van der Waals surface area contributed by atoms with Gasteiger partial charge in [0.25, 0.3) is 0 Å². The normalized spacial score (nSPS) is 23.7. The van der Waals surface area contributed by atoms with Crippen LogP contribution in [0, 0.1) is 5.92 Å². The highest BCUT2D eigenvalue weighted by atomic mass is 35.5. The fraction of sp³-hybridized carbons (Fsp3) is 0.462. The summed E-state index contributed by atoms with van der Waals surface area (Å²) in [6.45, 7) is 2.66. The van der Waals surface area contributed by atoms with Crippen LogP contribution in [0.15, 0.2) is 18.2 Å². The first-order chi connectivity index (χ1) is 8.13. The minimum absolute atomic E-state index is 0.0469. The number of carbonyl (C=O) groups excluding carboxylic acids is 1. The fourth-order valence-electron chi connectivity index (χ4n) is 2.06. The predicted octanol–water partition coefficient (Wildman–Crippen LogP) is 2.96. The SMILES string of the molecule is COc1ccc(Cl)cc1C(=O)C1OCCC1C. The summed E-state index contributed by atoms with van der Waals surface area (Å²) in [7, 11) is 1.54. The molecule has 0 amide bonds. The number of rotatable bonds is 3. The number of hydrogen-bond acceptors (Lipinski definition) is 3. The van der Waals surface area contributed by atoms with Gasteiger partial charge in [-0.1, -0.05) is 18.5 Å². The van der Waals surface area contributed by atoms with E-state index in [1.807, 2.05) is 6.92 Å². The lowest BCUT2D eigenvalue weighted by Crippen LogP contribution is -2.25. The molecule has 92 valence electrons. The van der Waals surface area contributed by atoms with Crippen LogP contribution in [0.1, 0.15) is 23.7 Å². The summed E-state index contributed by atoms with van der Waals surface area (Å²) in [6.07, 6.45) is 0.543. The molecule has 17 heavy (non-hydrogen) atoms. The van der Waals surface area contributed by atoms with Crippen molar-refractivity contribution in [1.29, 1.82) is 0 Å². The topological polar surface area (TPSA) is 35.5 Å². The van der Waals surface area contributed by atoms with Gasteiger partial charge in [-0.3, -0.25) is 4.79 Å². The lowest BCUT2D eigenvalue weighted by atomic mass is 9.96. The van der Waals surface area contributed by atoms with Crippen molar-refractivity contribution in [3.05, 3.63) is 28.8 Å². The zero-order valence-corrected chi connectivity index (χ0v) is 10.7. The second kappa shape index (κ2) is 5.07. The van der Waals surface area contributed by atoms with Crippen molar-refractivity contribution >= 4 is 17.4 Å². The Morgan fingerprint density at radius 1 is 1.53 bits per heavy atom. The van der Waals surface area contributed by atoms with Crippen LogP contribution >= 0.6 is 11.6 Å². The van der Waals surface area contributed by atoms with Gasteiger partial charge in [0.05, 0.1) is 12.7 Å². The lowest BCUT2D eigenvalue weighted by Gasteiger charge is -2.15. The van der Waals surface area contributed by atoms with Crippen molar-refractivity contribution in [2.24, 2.45) is 5.92 Å². The van der Waals surface area contributed by atoms with Crippen LogP contribution in [-0.2, 0) is 4.74 Å². The van der Waals surface area contributed by atoms with E-state index in [0.717, 1.165) is 6.42 Å². The minimum Gasteiger partial charge on any atom is -0.496 e. The number of benzene rings is 1. The van der Waals surface area contributed by atoms with E-state index in [1.165, 1.54) is 0 Å². The van der Waals surface area contributed by atoms with Gasteiger partial charge in [0.15, 0.2) is 5.78 Å². The zero-order valence-electron chi connectivity index (χ0n) is 9.90. The van der Waals surface area contributed by atoms with Crippen molar-refractivity contribution in [3.8, 4) is 5.75 Å². The summed E-state index contributed by atoms with van der Waals surface area (Å²) < 4.78 is 10.7. The Morgan fingerprint density at radius 3 is 2.88 bits per heavy atom. The molecule has 1 aliphatic rings. The Kier molecular flexibility index (Phi) is 3.69. The molecule has 1 aromatic rings. The Balaban J connectivity index is 2.32. The standard InChI is InChI=1S/C13H15ClO3/c1-8-5-6-17-13(8)12(15)10-7-9(14)3-4-11(10)16-2/h3-4,7-8,13H,5-6H2,1-2H3. The van der Waals surface area contributed by atoms with Crippen LogP contribution < -0.4 is 4.74 Å². The van der Waals surface area contributed by atoms with E-state index in [1.54, 1.807) is 25.3 Å². The molecule has 0 saturated carbocycles. The average molecular weight is 255 g/mol. The first-order valence-electron chi connectivity index (χ1n) is 5.63. The van der Waals surface area contributed by atoms with E-state index >= 15 is 0 Å². The predicted molar refractivity (Wildman–Crippen MR) is 65.9 cm³/mol. The molecule has 1 aliphatic heterocycles. The third-order valence-electron chi connectivity index (χ3n) is 3.07. The molecule has 1 fully saturated rings. The Hall–Kier alpha value is -1.06. The summed E-state index contributed by atoms with van der Waals surface area (Å²) in [5.74, 6) is 0.739. The zero-order chi connectivity index (χ0) is 12.4. The van der Waals surface area contributed by atoms with Gasteiger partial charge in [0, 0.05) is 11.6 Å². The van der Waals surface area contributed by atoms with Crippen LogP contribution in [-0.4, -0.2) is 25.6 Å². The van der Waals surface area contributed by atoms with Crippen molar-refractivity contribution in [2.75, 3.05) is 13.7 Å². The van der Waals surface area contributed by atoms with Gasteiger partial charge in [0.1, 0.15) is 11.9 Å². The molecule has 2 rings (SSSR count). The molecule has 2 unspecified atom stereocenters. The van der Waals surface area contributed by atoms with Crippen molar-refractivity contribution < 1.29 is 14.3 Å². The van der Waals surface area contributed by atoms with Crippen LogP contribution in [0.3, 0.4) is 0 Å². The van der Waals surface area contributed by atoms with Crippen LogP contribution in [0.4, 0.5) is 0 Å². The average Bonchev–Trinajstić information content (AvgIpc) is 2.74. The largest absolute Gasteiger partial charge is 0.496 e. The molecule has 4 heteroatoms. The number of ether oxygens (including phenoxy) is 2. The van der Waals surface area contributed by atoms with Crippen LogP contribution in [0.2, 0.25) is 5.02 Å². The first-order valence-corrected chi connectivity index (χ1v) is 6.00. The Morgan fingerprint density at radius 2 is 2.29 bits per heavy atom. The molecule has 0 aliphatic carbocycles. The second-order valence-electron chi connectivity index (χ2n) is 4.27. The van der Waals surface area contributed by atoms with Gasteiger partial charge in [-0.2, -0.15) is 0 Å². The maximum Gasteiger partial charge on any atom is 0.195 e. The molecule has 0 bridgehead atoms. The molecule has 2 atom stereocenters. The molecule has 0 N–H and O–H groups in total. The third-order valence-corrected chi connectivity index (χ3v) is 3.31. The fourth-order valence-corrected chi connectivity index (χ4v) is 2.23. The molecule has 1 heterocycles. The van der Waals surface area contributed by atoms with Gasteiger partial charge < -0.3 is 9.47 Å². The van der Waals surface area contributed by atoms with Crippen LogP contribution in [0.5, 0.6) is 5.75 Å². The van der Waals surface area contributed by atoms with Crippen LogP contribution in [0.25, 0.3) is 0 Å². The molecular weight excluding hydrogens is 240 g/mol. The van der Waals surface area contributed by atoms with E-state index in [-0.39, 0.29) is 17.8 Å². The number of Topliss-reactive ketones (excluding diaryl/α,β-unsaturated/α-hetero) is 1. The number of halogens is 1. The van der Waals surface area contributed by atoms with Crippen molar-refractivity contribution in [1.82, 2.24) is 0 Å². The van der Waals surface area contributed by atoms with Gasteiger partial charge in [-0.25, -0.2) is 0 Å². The van der Waals surface area contributed by atoms with Crippen molar-refractivity contribution in [3.63, 3.8) is 0 Å². The lowest BCUT2D eigenvalue weighted by molar-refractivity contribution is 0.0576. The van der Waals surface area contributed by atoms with Gasteiger partial charge in [-0.05, 0) is 30.5 Å². The van der Waals surface area contributed by atoms with E-state index in [2.05, 4.69) is 0 Å². The first kappa shape index (κ1) is 12.4. The maximum atomic E-state index is 12.3. The molecule has 3 nitrogen and oxygen atoms in total. The minimum atomic E-state index is -0.373. The molecule has 1 saturated heterocycles. The summed E-state index contributed by atoms with van der Waals surface area (Å²) in [5, 5.41) is 0.528. The highest BCUT2D eigenvalue weighted by molar-refractivity contribution is 6.31. The number of ketones is 1. The van der Waals surface area contributed by atoms with E-state index in [9.17, 15) is 4.79 Å². The molecule has 0 radical (unpaired) electrons. The number of methoxy groups -OCH3 is 1. The van der Waals surface area contributed by atoms with Crippen molar-refractivity contribution in [2.45, 2.75) is 19.4 Å². The molecule has 0 aromatic heterocycles. The number of carbonyl (C=O) groups is 1. The maximum absolute atomic E-state index is 12.3. The van der Waals surface area contributed by atoms with Gasteiger partial charge >= 0.3 is 0 Å². The summed E-state index contributed by atoms with van der Waals surface area (Å²) in [4.78, 5) is 12.3. The highest BCUT2D eigenvalue weighted by Crippen LogP contribution is 2.29. The quantitative estimate of drug-likeness (QED) is 0.778. The van der Waals surface area contributed by atoms with E-state index in [4.69, 9.17) is 21.1 Å². The van der Waals surface area contributed by atoms with E-state index in [0.29, 0.717) is 22.9 Å². The highest BCUT2D eigenvalue weighted by Gasteiger charge is 2.32. The summed E-state index contributed by atoms with van der Waals surface area (Å²) in [6, 6.07) is 5.04. The van der Waals surface area contributed by atoms with Gasteiger partial charge in [0.2, 0.25) is 0 Å². The van der Waals surface area contributed by atoms with Gasteiger partial charge in [-0.15, -0.1) is 0 Å². The van der Waals surface area contributed by atoms with E-state index < -0.39 is 0 Å². The molecular formula is C13H15ClO3. The second-order valence-corrected chi connectivity index (χ2v) is 4.70. The Labute approximate surface area is 106 Å². The molecule has 0 spiro atoms. The summed E-state index contributed by atoms with van der Waals surface area (Å²) in [5.41, 5.74) is 0.499. The smallest absolute Gasteiger partial charge is 0.195 e. The Bertz CT molecular complexity index is 431. The number of hydrogen-bond donors (Lipinski definition) is 0.